The van der Waals surface area contributed by atoms with Crippen molar-refractivity contribution in [1.29, 1.82) is 0 Å². The molecule has 9 heteroatoms. The zero-order valence-electron chi connectivity index (χ0n) is 9.58. The number of hydrogen-bond donors (Lipinski definition) is 1. The molecule has 0 fully saturated rings. The van der Waals surface area contributed by atoms with Crippen LogP contribution in [0.4, 0.5) is 20.2 Å². The molecule has 0 atom stereocenters. The molecule has 100 valence electrons. The summed E-state index contributed by atoms with van der Waals surface area (Å²) in [5.74, 6) is -2.02. The van der Waals surface area contributed by atoms with Crippen LogP contribution in [-0.2, 0) is 6.54 Å². The molecule has 1 aromatic carbocycles. The van der Waals surface area contributed by atoms with Crippen molar-refractivity contribution in [1.82, 2.24) is 15.0 Å². The van der Waals surface area contributed by atoms with Crippen molar-refractivity contribution in [3.8, 4) is 0 Å². The molecule has 1 heterocycles. The summed E-state index contributed by atoms with van der Waals surface area (Å²) in [5.41, 5.74) is -1.03. The Hall–Kier alpha value is -2.58. The summed E-state index contributed by atoms with van der Waals surface area (Å²) in [6.07, 6.45) is 3.08. The number of nitro benzene ring substituents is 1. The van der Waals surface area contributed by atoms with Crippen LogP contribution in [0.5, 0.6) is 0 Å². The Morgan fingerprint density at radius 3 is 2.58 bits per heavy atom. The van der Waals surface area contributed by atoms with Gasteiger partial charge in [-0.2, -0.15) is 0 Å². The number of aromatic nitrogens is 3. The van der Waals surface area contributed by atoms with E-state index in [1.54, 1.807) is 6.20 Å². The second kappa shape index (κ2) is 5.38. The fourth-order valence-electron chi connectivity index (χ4n) is 1.48. The summed E-state index contributed by atoms with van der Waals surface area (Å²) in [7, 11) is 0. The first-order valence-electron chi connectivity index (χ1n) is 5.29. The van der Waals surface area contributed by atoms with Gasteiger partial charge in [0, 0.05) is 12.7 Å². The average molecular weight is 269 g/mol. The van der Waals surface area contributed by atoms with Crippen molar-refractivity contribution in [2.24, 2.45) is 0 Å². The van der Waals surface area contributed by atoms with E-state index >= 15 is 0 Å². The molecule has 0 aliphatic rings. The lowest BCUT2D eigenvalue weighted by atomic mass is 10.2. The van der Waals surface area contributed by atoms with Crippen LogP contribution in [0.3, 0.4) is 0 Å². The molecular formula is C10H9F2N5O2. The molecule has 1 aromatic heterocycles. The van der Waals surface area contributed by atoms with Crippen molar-refractivity contribution < 1.29 is 13.7 Å². The van der Waals surface area contributed by atoms with Crippen LogP contribution in [0.15, 0.2) is 24.5 Å². The largest absolute Gasteiger partial charge is 0.378 e. The molecule has 2 aromatic rings. The molecule has 1 N–H and O–H groups in total. The number of anilines is 1. The molecule has 0 bridgehead atoms. The molecule has 0 aliphatic heterocycles. The third-order valence-corrected chi connectivity index (χ3v) is 2.35. The third-order valence-electron chi connectivity index (χ3n) is 2.35. The molecule has 0 aliphatic carbocycles. The SMILES string of the molecule is O=[N+]([O-])c1cc(F)c(NCCn2ccnn2)c(F)c1. The second-order valence-electron chi connectivity index (χ2n) is 3.63. The lowest BCUT2D eigenvalue weighted by Crippen LogP contribution is -2.13. The molecule has 0 unspecified atom stereocenters. The van der Waals surface area contributed by atoms with E-state index in [1.165, 1.54) is 10.9 Å². The highest BCUT2D eigenvalue weighted by Gasteiger charge is 2.16. The minimum atomic E-state index is -1.01. The average Bonchev–Trinajstić information content (AvgIpc) is 2.85. The van der Waals surface area contributed by atoms with E-state index in [4.69, 9.17) is 0 Å². The van der Waals surface area contributed by atoms with E-state index < -0.39 is 27.9 Å². The number of non-ortho nitro benzene ring substituents is 1. The monoisotopic (exact) mass is 269 g/mol. The summed E-state index contributed by atoms with van der Waals surface area (Å²) in [4.78, 5) is 9.56. The Morgan fingerprint density at radius 1 is 1.37 bits per heavy atom. The second-order valence-corrected chi connectivity index (χ2v) is 3.63. The van der Waals surface area contributed by atoms with E-state index in [1.807, 2.05) is 0 Å². The van der Waals surface area contributed by atoms with Crippen molar-refractivity contribution in [2.45, 2.75) is 6.54 Å². The van der Waals surface area contributed by atoms with Crippen LogP contribution < -0.4 is 5.32 Å². The summed E-state index contributed by atoms with van der Waals surface area (Å²) < 4.78 is 28.5. The number of rotatable bonds is 5. The molecule has 2 rings (SSSR count). The molecular weight excluding hydrogens is 260 g/mol. The van der Waals surface area contributed by atoms with Gasteiger partial charge in [0.05, 0.1) is 29.8 Å². The fraction of sp³-hybridized carbons (Fsp3) is 0.200. The number of halogens is 2. The zero-order chi connectivity index (χ0) is 13.8. The van der Waals surface area contributed by atoms with Crippen molar-refractivity contribution in [2.75, 3.05) is 11.9 Å². The van der Waals surface area contributed by atoms with Gasteiger partial charge in [0.25, 0.3) is 5.69 Å². The number of nitrogens with one attached hydrogen (secondary N) is 1. The number of benzene rings is 1. The number of hydrogen-bond acceptors (Lipinski definition) is 5. The highest BCUT2D eigenvalue weighted by Crippen LogP contribution is 2.24. The van der Waals surface area contributed by atoms with Crippen LogP contribution in [0.2, 0.25) is 0 Å². The minimum absolute atomic E-state index is 0.203. The van der Waals surface area contributed by atoms with Crippen LogP contribution in [0, 0.1) is 21.7 Å². The third kappa shape index (κ3) is 3.00. The maximum Gasteiger partial charge on any atom is 0.275 e. The Balaban J connectivity index is 2.06. The van der Waals surface area contributed by atoms with Gasteiger partial charge in [-0.05, 0) is 0 Å². The van der Waals surface area contributed by atoms with E-state index in [9.17, 15) is 18.9 Å². The van der Waals surface area contributed by atoms with Crippen LogP contribution in [0.25, 0.3) is 0 Å². The van der Waals surface area contributed by atoms with E-state index in [0.29, 0.717) is 18.7 Å². The Bertz CT molecular complexity index is 565. The maximum absolute atomic E-state index is 13.5. The van der Waals surface area contributed by atoms with Crippen molar-refractivity contribution in [3.63, 3.8) is 0 Å². The number of nitro groups is 1. The maximum atomic E-state index is 13.5. The molecule has 0 amide bonds. The van der Waals surface area contributed by atoms with Gasteiger partial charge < -0.3 is 5.32 Å². The lowest BCUT2D eigenvalue weighted by Gasteiger charge is -2.08. The standard InChI is InChI=1S/C10H9F2N5O2/c11-8-5-7(17(18)19)6-9(12)10(8)13-1-3-16-4-2-14-15-16/h2,4-6,13H,1,3H2. The zero-order valence-corrected chi connectivity index (χ0v) is 9.58. The smallest absolute Gasteiger partial charge is 0.275 e. The highest BCUT2D eigenvalue weighted by atomic mass is 19.1. The first kappa shape index (κ1) is 12.9. The van der Waals surface area contributed by atoms with Gasteiger partial charge in [0.2, 0.25) is 0 Å². The van der Waals surface area contributed by atoms with E-state index in [2.05, 4.69) is 15.6 Å². The van der Waals surface area contributed by atoms with Gasteiger partial charge in [-0.1, -0.05) is 5.21 Å². The first-order chi connectivity index (χ1) is 9.08. The van der Waals surface area contributed by atoms with Crippen molar-refractivity contribution >= 4 is 11.4 Å². The van der Waals surface area contributed by atoms with Gasteiger partial charge in [-0.3, -0.25) is 14.8 Å². The summed E-state index contributed by atoms with van der Waals surface area (Å²) in [5, 5.41) is 20.2. The molecule has 0 spiro atoms. The molecule has 0 saturated carbocycles. The first-order valence-corrected chi connectivity index (χ1v) is 5.29. The summed E-state index contributed by atoms with van der Waals surface area (Å²) in [6.45, 7) is 0.560. The van der Waals surface area contributed by atoms with Crippen LogP contribution in [-0.4, -0.2) is 26.5 Å². The summed E-state index contributed by atoms with van der Waals surface area (Å²) in [6, 6.07) is 1.34. The molecule has 19 heavy (non-hydrogen) atoms. The predicted octanol–water partition coefficient (Wildman–Crippen LogP) is 1.58. The Morgan fingerprint density at radius 2 is 2.05 bits per heavy atom. The van der Waals surface area contributed by atoms with Gasteiger partial charge in [-0.25, -0.2) is 8.78 Å². The molecule has 0 radical (unpaired) electrons. The van der Waals surface area contributed by atoms with Gasteiger partial charge in [0.1, 0.15) is 5.69 Å². The number of nitrogens with zero attached hydrogens (tertiary/aromatic N) is 4. The fourth-order valence-corrected chi connectivity index (χ4v) is 1.48. The van der Waals surface area contributed by atoms with Crippen LogP contribution in [0.1, 0.15) is 0 Å². The molecule has 7 nitrogen and oxygen atoms in total. The minimum Gasteiger partial charge on any atom is -0.378 e. The Labute approximate surface area is 106 Å². The van der Waals surface area contributed by atoms with E-state index in [0.717, 1.165) is 0 Å². The highest BCUT2D eigenvalue weighted by molar-refractivity contribution is 5.51. The van der Waals surface area contributed by atoms with Gasteiger partial charge in [0.15, 0.2) is 11.6 Å². The lowest BCUT2D eigenvalue weighted by molar-refractivity contribution is -0.385. The predicted molar refractivity (Wildman–Crippen MR) is 61.5 cm³/mol. The quantitative estimate of drug-likeness (QED) is 0.657. The topological polar surface area (TPSA) is 85.9 Å². The molecule has 0 saturated heterocycles. The van der Waals surface area contributed by atoms with Crippen LogP contribution >= 0.6 is 0 Å². The normalized spacial score (nSPS) is 10.4. The van der Waals surface area contributed by atoms with Gasteiger partial charge >= 0.3 is 0 Å². The van der Waals surface area contributed by atoms with Crippen molar-refractivity contribution in [3.05, 3.63) is 46.3 Å². The summed E-state index contributed by atoms with van der Waals surface area (Å²) >= 11 is 0. The van der Waals surface area contributed by atoms with E-state index in [-0.39, 0.29) is 6.54 Å². The Kier molecular flexibility index (Phi) is 3.64. The van der Waals surface area contributed by atoms with Gasteiger partial charge in [-0.15, -0.1) is 5.10 Å².